The van der Waals surface area contributed by atoms with Crippen LogP contribution in [0.5, 0.6) is 0 Å². The summed E-state index contributed by atoms with van der Waals surface area (Å²) in [6.07, 6.45) is 3.33. The molecule has 0 N–H and O–H groups in total. The average Bonchev–Trinajstić information content (AvgIpc) is 2.57. The molecule has 0 radical (unpaired) electrons. The van der Waals surface area contributed by atoms with Gasteiger partial charge in [-0.15, -0.1) is 0 Å². The minimum Gasteiger partial charge on any atom is -0.466 e. The molecule has 5 nitrogen and oxygen atoms in total. The van der Waals surface area contributed by atoms with Crippen LogP contribution in [0.4, 0.5) is 0 Å². The van der Waals surface area contributed by atoms with Crippen LogP contribution in [0.15, 0.2) is 42.5 Å². The first-order valence-corrected chi connectivity index (χ1v) is 7.54. The van der Waals surface area contributed by atoms with Crippen molar-refractivity contribution in [2.24, 2.45) is 0 Å². The number of hydrogen-bond donors (Lipinski definition) is 0. The lowest BCUT2D eigenvalue weighted by molar-refractivity contribution is -0.143. The first kappa shape index (κ1) is 16.7. The molecule has 1 amide bonds. The highest BCUT2D eigenvalue weighted by Crippen LogP contribution is 2.12. The molecule has 0 saturated carbocycles. The van der Waals surface area contributed by atoms with Crippen molar-refractivity contribution in [2.45, 2.75) is 13.3 Å². The Labute approximate surface area is 135 Å². The maximum absolute atomic E-state index is 12.0. The number of hydrogen-bond acceptors (Lipinski definition) is 4. The first-order valence-electron chi connectivity index (χ1n) is 7.54. The topological polar surface area (TPSA) is 59.5 Å². The number of rotatable bonds is 6. The number of aromatic nitrogens is 1. The predicted molar refractivity (Wildman–Crippen MR) is 89.7 cm³/mol. The van der Waals surface area contributed by atoms with E-state index in [1.807, 2.05) is 36.4 Å². The quantitative estimate of drug-likeness (QED) is 0.608. The number of para-hydroxylation sites is 1. The highest BCUT2D eigenvalue weighted by atomic mass is 16.5. The molecule has 0 fully saturated rings. The summed E-state index contributed by atoms with van der Waals surface area (Å²) in [5.41, 5.74) is 1.61. The molecule has 0 bridgehead atoms. The number of carbonyl (C=O) groups excluding carboxylic acids is 2. The maximum Gasteiger partial charge on any atom is 0.307 e. The Balaban J connectivity index is 1.94. The molecule has 1 aromatic carbocycles. The molecule has 0 aliphatic rings. The smallest absolute Gasteiger partial charge is 0.307 e. The number of ether oxygens (including phenoxy) is 1. The zero-order valence-electron chi connectivity index (χ0n) is 13.4. The number of esters is 1. The van der Waals surface area contributed by atoms with E-state index in [4.69, 9.17) is 4.74 Å². The van der Waals surface area contributed by atoms with E-state index in [0.717, 1.165) is 16.6 Å². The number of benzene rings is 1. The van der Waals surface area contributed by atoms with E-state index >= 15 is 0 Å². The molecule has 2 rings (SSSR count). The summed E-state index contributed by atoms with van der Waals surface area (Å²) in [5, 5.41) is 1.06. The lowest BCUT2D eigenvalue weighted by Gasteiger charge is -2.14. The van der Waals surface area contributed by atoms with Gasteiger partial charge in [-0.3, -0.25) is 9.59 Å². The van der Waals surface area contributed by atoms with Gasteiger partial charge in [-0.25, -0.2) is 4.98 Å². The summed E-state index contributed by atoms with van der Waals surface area (Å²) >= 11 is 0. The second kappa shape index (κ2) is 8.08. The van der Waals surface area contributed by atoms with Gasteiger partial charge in [-0.1, -0.05) is 24.3 Å². The normalized spacial score (nSPS) is 10.9. The Morgan fingerprint density at radius 3 is 2.78 bits per heavy atom. The lowest BCUT2D eigenvalue weighted by atomic mass is 10.2. The number of carbonyl (C=O) groups is 2. The molecule has 1 aromatic heterocycles. The second-order valence-corrected chi connectivity index (χ2v) is 5.08. The van der Waals surface area contributed by atoms with Crippen LogP contribution in [0, 0.1) is 0 Å². The molecule has 1 heterocycles. The predicted octanol–water partition coefficient (Wildman–Crippen LogP) is 2.66. The van der Waals surface area contributed by atoms with Crippen molar-refractivity contribution in [1.82, 2.24) is 9.88 Å². The number of nitrogens with zero attached hydrogens (tertiary/aromatic N) is 2. The molecule has 0 unspecified atom stereocenters. The van der Waals surface area contributed by atoms with E-state index in [-0.39, 0.29) is 18.3 Å². The molecule has 0 aliphatic carbocycles. The van der Waals surface area contributed by atoms with E-state index in [0.29, 0.717) is 13.2 Å². The van der Waals surface area contributed by atoms with Gasteiger partial charge in [0.25, 0.3) is 0 Å². The number of fused-ring (bicyclic) bond motifs is 1. The van der Waals surface area contributed by atoms with Gasteiger partial charge in [0, 0.05) is 25.1 Å². The Morgan fingerprint density at radius 1 is 1.22 bits per heavy atom. The van der Waals surface area contributed by atoms with Crippen molar-refractivity contribution >= 4 is 28.9 Å². The third-order valence-electron chi connectivity index (χ3n) is 3.35. The standard InChI is InChI=1S/C18H20N2O3/c1-3-23-18(22)12-13-20(2)17(21)11-10-15-9-8-14-6-4-5-7-16(14)19-15/h4-11H,3,12-13H2,1-2H3/b11-10+. The fourth-order valence-electron chi connectivity index (χ4n) is 2.06. The molecular weight excluding hydrogens is 292 g/mol. The van der Waals surface area contributed by atoms with Crippen LogP contribution in [0.1, 0.15) is 19.0 Å². The summed E-state index contributed by atoms with van der Waals surface area (Å²) in [6.45, 7) is 2.43. The Morgan fingerprint density at radius 2 is 2.00 bits per heavy atom. The zero-order valence-corrected chi connectivity index (χ0v) is 13.4. The van der Waals surface area contributed by atoms with E-state index in [1.165, 1.54) is 11.0 Å². The van der Waals surface area contributed by atoms with Gasteiger partial charge in [0.05, 0.1) is 24.2 Å². The summed E-state index contributed by atoms with van der Waals surface area (Å²) in [5.74, 6) is -0.475. The van der Waals surface area contributed by atoms with Gasteiger partial charge in [0.2, 0.25) is 5.91 Å². The van der Waals surface area contributed by atoms with Crippen molar-refractivity contribution in [1.29, 1.82) is 0 Å². The summed E-state index contributed by atoms with van der Waals surface area (Å²) in [6, 6.07) is 11.6. The van der Waals surface area contributed by atoms with Gasteiger partial charge in [-0.2, -0.15) is 0 Å². The van der Waals surface area contributed by atoms with Gasteiger partial charge in [0.1, 0.15) is 0 Å². The molecule has 5 heteroatoms. The molecular formula is C18H20N2O3. The average molecular weight is 312 g/mol. The van der Waals surface area contributed by atoms with Crippen molar-refractivity contribution in [3.05, 3.63) is 48.2 Å². The highest BCUT2D eigenvalue weighted by molar-refractivity contribution is 5.92. The van der Waals surface area contributed by atoms with E-state index in [9.17, 15) is 9.59 Å². The fraction of sp³-hybridized carbons (Fsp3) is 0.278. The SMILES string of the molecule is CCOC(=O)CCN(C)C(=O)/C=C/c1ccc2ccccc2n1. The van der Waals surface area contributed by atoms with Crippen LogP contribution in [-0.2, 0) is 14.3 Å². The third-order valence-corrected chi connectivity index (χ3v) is 3.35. The Kier molecular flexibility index (Phi) is 5.86. The van der Waals surface area contributed by atoms with Gasteiger partial charge < -0.3 is 9.64 Å². The minimum atomic E-state index is -0.299. The van der Waals surface area contributed by atoms with Crippen LogP contribution in [-0.4, -0.2) is 42.0 Å². The van der Waals surface area contributed by atoms with Crippen LogP contribution < -0.4 is 0 Å². The van der Waals surface area contributed by atoms with E-state index in [2.05, 4.69) is 4.98 Å². The van der Waals surface area contributed by atoms with Gasteiger partial charge in [-0.05, 0) is 25.1 Å². The Bertz CT molecular complexity index is 725. The Hall–Kier alpha value is -2.69. The summed E-state index contributed by atoms with van der Waals surface area (Å²) in [7, 11) is 1.65. The van der Waals surface area contributed by atoms with Crippen LogP contribution in [0.25, 0.3) is 17.0 Å². The van der Waals surface area contributed by atoms with Crippen LogP contribution in [0.3, 0.4) is 0 Å². The number of pyridine rings is 1. The minimum absolute atomic E-state index is 0.177. The molecule has 0 aliphatic heterocycles. The third kappa shape index (κ3) is 4.92. The first-order chi connectivity index (χ1) is 11.1. The van der Waals surface area contributed by atoms with Gasteiger partial charge >= 0.3 is 5.97 Å². The monoisotopic (exact) mass is 312 g/mol. The molecule has 2 aromatic rings. The van der Waals surface area contributed by atoms with Crippen molar-refractivity contribution in [3.63, 3.8) is 0 Å². The fourth-order valence-corrected chi connectivity index (χ4v) is 2.06. The molecule has 120 valence electrons. The second-order valence-electron chi connectivity index (χ2n) is 5.08. The van der Waals surface area contributed by atoms with Gasteiger partial charge in [0.15, 0.2) is 0 Å². The zero-order chi connectivity index (χ0) is 16.7. The van der Waals surface area contributed by atoms with Crippen molar-refractivity contribution in [2.75, 3.05) is 20.2 Å². The lowest BCUT2D eigenvalue weighted by Crippen LogP contribution is -2.27. The molecule has 0 saturated heterocycles. The number of amides is 1. The maximum atomic E-state index is 12.0. The molecule has 0 spiro atoms. The van der Waals surface area contributed by atoms with Crippen molar-refractivity contribution in [3.8, 4) is 0 Å². The molecule has 23 heavy (non-hydrogen) atoms. The van der Waals surface area contributed by atoms with E-state index in [1.54, 1.807) is 20.0 Å². The molecule has 0 atom stereocenters. The summed E-state index contributed by atoms with van der Waals surface area (Å²) < 4.78 is 4.84. The largest absolute Gasteiger partial charge is 0.466 e. The van der Waals surface area contributed by atoms with Crippen LogP contribution >= 0.6 is 0 Å². The van der Waals surface area contributed by atoms with Crippen LogP contribution in [0.2, 0.25) is 0 Å². The summed E-state index contributed by atoms with van der Waals surface area (Å²) in [4.78, 5) is 29.2. The highest BCUT2D eigenvalue weighted by Gasteiger charge is 2.08. The number of likely N-dealkylation sites (N-methyl/N-ethyl adjacent to an activating group) is 1. The van der Waals surface area contributed by atoms with E-state index < -0.39 is 0 Å². The van der Waals surface area contributed by atoms with Crippen molar-refractivity contribution < 1.29 is 14.3 Å².